The second-order valence-corrected chi connectivity index (χ2v) is 8.24. The standard InChI is InChI=1S/C26H27N5O5/c1-4-7-17(2)31(15-24(32)34-16-23-18(3)35-26(33)36-23)14-19-10-12-20(13-11-19)21-8-5-6-9-22(21)25-27-29-30-28-25/h5-6,8-13H,2,4,7,14-16H2,1,3H3,(H,27,28,29,30). The number of ether oxygens (including phenoxy) is 1. The Kier molecular flexibility index (Phi) is 7.74. The molecule has 2 heterocycles. The number of hydrogen-bond donors (Lipinski definition) is 1. The Morgan fingerprint density at radius 1 is 1.11 bits per heavy atom. The molecule has 10 heteroatoms. The van der Waals surface area contributed by atoms with Gasteiger partial charge < -0.3 is 18.5 Å². The van der Waals surface area contributed by atoms with Crippen molar-refractivity contribution in [3.05, 3.63) is 88.5 Å². The molecule has 0 unspecified atom stereocenters. The number of tetrazole rings is 1. The van der Waals surface area contributed by atoms with Gasteiger partial charge in [0.1, 0.15) is 6.54 Å². The van der Waals surface area contributed by atoms with Crippen LogP contribution in [0.3, 0.4) is 0 Å². The van der Waals surface area contributed by atoms with Crippen LogP contribution in [-0.2, 0) is 22.7 Å². The molecule has 186 valence electrons. The molecule has 0 saturated carbocycles. The van der Waals surface area contributed by atoms with Gasteiger partial charge in [0.25, 0.3) is 0 Å². The Labute approximate surface area is 207 Å². The first-order valence-corrected chi connectivity index (χ1v) is 11.5. The summed E-state index contributed by atoms with van der Waals surface area (Å²) in [4.78, 5) is 25.6. The zero-order valence-corrected chi connectivity index (χ0v) is 20.2. The van der Waals surface area contributed by atoms with Crippen LogP contribution in [0.4, 0.5) is 0 Å². The number of nitrogens with one attached hydrogen (secondary N) is 1. The first-order valence-electron chi connectivity index (χ1n) is 11.5. The maximum Gasteiger partial charge on any atom is 0.519 e. The summed E-state index contributed by atoms with van der Waals surface area (Å²) in [6.45, 7) is 8.12. The maximum atomic E-state index is 12.6. The normalized spacial score (nSPS) is 10.8. The predicted molar refractivity (Wildman–Crippen MR) is 131 cm³/mol. The third kappa shape index (κ3) is 5.96. The smallest absolute Gasteiger partial charge is 0.456 e. The minimum atomic E-state index is -0.820. The van der Waals surface area contributed by atoms with Gasteiger partial charge in [-0.2, -0.15) is 5.21 Å². The molecule has 0 atom stereocenters. The molecule has 0 aliphatic carbocycles. The third-order valence-corrected chi connectivity index (χ3v) is 5.66. The van der Waals surface area contributed by atoms with Crippen LogP contribution in [0.15, 0.2) is 74.4 Å². The van der Waals surface area contributed by atoms with E-state index < -0.39 is 11.8 Å². The van der Waals surface area contributed by atoms with E-state index in [1.165, 1.54) is 0 Å². The average molecular weight is 490 g/mol. The Bertz CT molecular complexity index is 1370. The SMILES string of the molecule is C=C(CCC)N(CC(=O)OCc1oc(=O)oc1C)Cc1ccc(-c2ccccc2-c2nn[nH]n2)cc1. The van der Waals surface area contributed by atoms with Gasteiger partial charge in [-0.1, -0.05) is 68.5 Å². The molecular formula is C26H27N5O5. The average Bonchev–Trinajstić information content (AvgIpc) is 3.52. The van der Waals surface area contributed by atoms with Crippen LogP contribution in [0.5, 0.6) is 0 Å². The van der Waals surface area contributed by atoms with Crippen molar-refractivity contribution < 1.29 is 18.4 Å². The Morgan fingerprint density at radius 2 is 1.86 bits per heavy atom. The fourth-order valence-corrected chi connectivity index (χ4v) is 3.80. The van der Waals surface area contributed by atoms with E-state index in [1.54, 1.807) is 6.92 Å². The highest BCUT2D eigenvalue weighted by molar-refractivity contribution is 5.80. The number of H-pyrrole nitrogens is 1. The Morgan fingerprint density at radius 3 is 2.50 bits per heavy atom. The van der Waals surface area contributed by atoms with Gasteiger partial charge in [0.2, 0.25) is 5.82 Å². The van der Waals surface area contributed by atoms with Crippen molar-refractivity contribution in [2.75, 3.05) is 6.54 Å². The number of nitrogens with zero attached hydrogens (tertiary/aromatic N) is 4. The first kappa shape index (κ1) is 24.6. The molecule has 36 heavy (non-hydrogen) atoms. The lowest BCUT2D eigenvalue weighted by atomic mass is 9.98. The number of benzene rings is 2. The molecular weight excluding hydrogens is 462 g/mol. The summed E-state index contributed by atoms with van der Waals surface area (Å²) in [5.41, 5.74) is 4.73. The van der Waals surface area contributed by atoms with Crippen LogP contribution in [0.1, 0.15) is 36.8 Å². The maximum absolute atomic E-state index is 12.6. The minimum Gasteiger partial charge on any atom is -0.456 e. The molecule has 0 spiro atoms. The van der Waals surface area contributed by atoms with Crippen LogP contribution in [0.25, 0.3) is 22.5 Å². The van der Waals surface area contributed by atoms with E-state index in [-0.39, 0.29) is 18.9 Å². The minimum absolute atomic E-state index is 0.0162. The lowest BCUT2D eigenvalue weighted by Crippen LogP contribution is -2.29. The number of esters is 1. The van der Waals surface area contributed by atoms with Crippen LogP contribution < -0.4 is 5.82 Å². The molecule has 0 saturated heterocycles. The molecule has 0 bridgehead atoms. The highest BCUT2D eigenvalue weighted by Gasteiger charge is 2.17. The fraction of sp³-hybridized carbons (Fsp3) is 0.269. The summed E-state index contributed by atoms with van der Waals surface area (Å²) in [5, 5.41) is 14.4. The molecule has 10 nitrogen and oxygen atoms in total. The van der Waals surface area contributed by atoms with Crippen LogP contribution in [-0.4, -0.2) is 38.0 Å². The van der Waals surface area contributed by atoms with Crippen LogP contribution in [0.2, 0.25) is 0 Å². The zero-order valence-electron chi connectivity index (χ0n) is 20.2. The molecule has 2 aromatic heterocycles. The van der Waals surface area contributed by atoms with Gasteiger partial charge in [-0.3, -0.25) is 4.79 Å². The van der Waals surface area contributed by atoms with E-state index in [4.69, 9.17) is 13.6 Å². The van der Waals surface area contributed by atoms with Crippen molar-refractivity contribution in [2.24, 2.45) is 0 Å². The summed E-state index contributed by atoms with van der Waals surface area (Å²) >= 11 is 0. The van der Waals surface area contributed by atoms with E-state index in [1.807, 2.05) is 53.4 Å². The van der Waals surface area contributed by atoms with Gasteiger partial charge in [-0.05, 0) is 35.2 Å². The van der Waals surface area contributed by atoms with E-state index >= 15 is 0 Å². The number of aryl methyl sites for hydroxylation is 1. The molecule has 4 aromatic rings. The summed E-state index contributed by atoms with van der Waals surface area (Å²) in [5.74, 6) is -0.258. The second kappa shape index (κ2) is 11.3. The lowest BCUT2D eigenvalue weighted by Gasteiger charge is -2.26. The summed E-state index contributed by atoms with van der Waals surface area (Å²) in [6, 6.07) is 15.9. The van der Waals surface area contributed by atoms with Crippen LogP contribution >= 0.6 is 0 Å². The first-order chi connectivity index (χ1) is 17.4. The summed E-state index contributed by atoms with van der Waals surface area (Å²) in [7, 11) is 0. The zero-order chi connectivity index (χ0) is 25.5. The highest BCUT2D eigenvalue weighted by Crippen LogP contribution is 2.30. The predicted octanol–water partition coefficient (Wildman–Crippen LogP) is 4.25. The highest BCUT2D eigenvalue weighted by atomic mass is 16.6. The van der Waals surface area contributed by atoms with E-state index in [0.717, 1.165) is 40.8 Å². The summed E-state index contributed by atoms with van der Waals surface area (Å²) < 4.78 is 15.0. The second-order valence-electron chi connectivity index (χ2n) is 8.24. The number of aromatic nitrogens is 4. The number of rotatable bonds is 11. The van der Waals surface area contributed by atoms with Gasteiger partial charge in [-0.25, -0.2) is 4.79 Å². The van der Waals surface area contributed by atoms with Gasteiger partial charge in [-0.15, -0.1) is 10.2 Å². The van der Waals surface area contributed by atoms with Crippen molar-refractivity contribution in [1.29, 1.82) is 0 Å². The van der Waals surface area contributed by atoms with Gasteiger partial charge >= 0.3 is 11.8 Å². The van der Waals surface area contributed by atoms with Crippen molar-refractivity contribution in [3.8, 4) is 22.5 Å². The molecule has 1 N–H and O–H groups in total. The van der Waals surface area contributed by atoms with E-state index in [2.05, 4.69) is 34.1 Å². The largest absolute Gasteiger partial charge is 0.519 e. The number of carbonyl (C=O) groups excluding carboxylic acids is 1. The lowest BCUT2D eigenvalue weighted by molar-refractivity contribution is -0.146. The molecule has 0 aliphatic rings. The molecule has 2 aromatic carbocycles. The Hall–Kier alpha value is -4.47. The van der Waals surface area contributed by atoms with Crippen molar-refractivity contribution in [2.45, 2.75) is 39.8 Å². The number of hydrogen-bond acceptors (Lipinski definition) is 9. The molecule has 4 rings (SSSR count). The fourth-order valence-electron chi connectivity index (χ4n) is 3.80. The van der Waals surface area contributed by atoms with Crippen molar-refractivity contribution in [3.63, 3.8) is 0 Å². The Balaban J connectivity index is 1.45. The molecule has 0 amide bonds. The molecule has 0 aliphatic heterocycles. The van der Waals surface area contributed by atoms with E-state index in [9.17, 15) is 9.59 Å². The quantitative estimate of drug-likeness (QED) is 0.308. The summed E-state index contributed by atoms with van der Waals surface area (Å²) in [6.07, 6.45) is 1.65. The van der Waals surface area contributed by atoms with E-state index in [0.29, 0.717) is 18.1 Å². The van der Waals surface area contributed by atoms with Gasteiger partial charge in [0.05, 0.1) is 0 Å². The number of allylic oxidation sites excluding steroid dienone is 1. The van der Waals surface area contributed by atoms with Crippen molar-refractivity contribution >= 4 is 5.97 Å². The third-order valence-electron chi connectivity index (χ3n) is 5.66. The molecule has 0 fully saturated rings. The monoisotopic (exact) mass is 489 g/mol. The number of aromatic amines is 1. The number of carbonyl (C=O) groups is 1. The molecule has 0 radical (unpaired) electrons. The van der Waals surface area contributed by atoms with Gasteiger partial charge in [0.15, 0.2) is 18.1 Å². The van der Waals surface area contributed by atoms with Crippen molar-refractivity contribution in [1.82, 2.24) is 25.5 Å². The topological polar surface area (TPSA) is 127 Å². The van der Waals surface area contributed by atoms with Crippen LogP contribution in [0, 0.1) is 6.92 Å². The van der Waals surface area contributed by atoms with Gasteiger partial charge in [0, 0.05) is 17.8 Å².